The van der Waals surface area contributed by atoms with Crippen molar-refractivity contribution in [2.75, 3.05) is 13.1 Å². The van der Waals surface area contributed by atoms with Crippen LogP contribution in [0.3, 0.4) is 0 Å². The smallest absolute Gasteiger partial charge is 0.336 e. The summed E-state index contributed by atoms with van der Waals surface area (Å²) in [7, 11) is 0. The minimum absolute atomic E-state index is 0.131. The third-order valence-corrected chi connectivity index (χ3v) is 4.51. The molecule has 1 aliphatic rings. The predicted octanol–water partition coefficient (Wildman–Crippen LogP) is 1.53. The molecule has 2 unspecified atom stereocenters. The van der Waals surface area contributed by atoms with E-state index in [0.717, 1.165) is 9.75 Å². The van der Waals surface area contributed by atoms with Crippen LogP contribution in [0.25, 0.3) is 0 Å². The molecule has 0 bridgehead atoms. The van der Waals surface area contributed by atoms with E-state index in [-0.39, 0.29) is 11.5 Å². The van der Waals surface area contributed by atoms with Crippen LogP contribution in [0.2, 0.25) is 0 Å². The minimum atomic E-state index is -0.953. The van der Waals surface area contributed by atoms with E-state index in [0.29, 0.717) is 19.5 Å². The van der Waals surface area contributed by atoms with Gasteiger partial charge >= 0.3 is 11.9 Å². The largest absolute Gasteiger partial charge is 0.481 e. The third-order valence-electron chi connectivity index (χ3n) is 3.33. The quantitative estimate of drug-likeness (QED) is 0.774. The molecule has 1 aromatic rings. The zero-order valence-corrected chi connectivity index (χ0v) is 10.8. The standard InChI is InChI=1S/C12H15NO4S/c1-6-8(12(16)17)4-10(18-6)9-5-13-3-2-7(9)11(14)15/h4,7,9,13H,2-3,5H2,1H3,(H,14,15)(H,16,17). The molecule has 2 rings (SSSR count). The predicted molar refractivity (Wildman–Crippen MR) is 67.4 cm³/mol. The van der Waals surface area contributed by atoms with E-state index < -0.39 is 17.9 Å². The molecule has 3 N–H and O–H groups in total. The number of rotatable bonds is 3. The van der Waals surface area contributed by atoms with Gasteiger partial charge in [0, 0.05) is 22.2 Å². The molecule has 6 heteroatoms. The first-order valence-electron chi connectivity index (χ1n) is 5.78. The van der Waals surface area contributed by atoms with Gasteiger partial charge < -0.3 is 15.5 Å². The summed E-state index contributed by atoms with van der Waals surface area (Å²) in [5.74, 6) is -2.31. The minimum Gasteiger partial charge on any atom is -0.481 e. The summed E-state index contributed by atoms with van der Waals surface area (Å²) < 4.78 is 0. The number of aryl methyl sites for hydroxylation is 1. The molecule has 1 saturated heterocycles. The van der Waals surface area contributed by atoms with Gasteiger partial charge in [0.05, 0.1) is 11.5 Å². The molecule has 18 heavy (non-hydrogen) atoms. The van der Waals surface area contributed by atoms with Gasteiger partial charge in [-0.25, -0.2) is 4.79 Å². The van der Waals surface area contributed by atoms with Gasteiger partial charge in [-0.15, -0.1) is 11.3 Å². The average molecular weight is 269 g/mol. The summed E-state index contributed by atoms with van der Waals surface area (Å²) in [4.78, 5) is 23.8. The lowest BCUT2D eigenvalue weighted by Crippen LogP contribution is -2.38. The lowest BCUT2D eigenvalue weighted by molar-refractivity contribution is -0.143. The highest BCUT2D eigenvalue weighted by atomic mass is 32.1. The van der Waals surface area contributed by atoms with Crippen molar-refractivity contribution in [3.8, 4) is 0 Å². The van der Waals surface area contributed by atoms with Gasteiger partial charge in [-0.3, -0.25) is 4.79 Å². The Labute approximate surface area is 108 Å². The summed E-state index contributed by atoms with van der Waals surface area (Å²) in [5, 5.41) is 21.4. The van der Waals surface area contributed by atoms with Crippen LogP contribution in [0.15, 0.2) is 6.07 Å². The first-order valence-corrected chi connectivity index (χ1v) is 6.59. The fourth-order valence-electron chi connectivity index (χ4n) is 2.35. The van der Waals surface area contributed by atoms with Gasteiger partial charge in [0.25, 0.3) is 0 Å². The Kier molecular flexibility index (Phi) is 3.68. The van der Waals surface area contributed by atoms with Crippen molar-refractivity contribution in [3.05, 3.63) is 21.4 Å². The van der Waals surface area contributed by atoms with Gasteiger partial charge in [-0.05, 0) is 26.0 Å². The Bertz CT molecular complexity index is 482. The zero-order chi connectivity index (χ0) is 13.3. The lowest BCUT2D eigenvalue weighted by atomic mass is 9.85. The molecule has 2 atom stereocenters. The summed E-state index contributed by atoms with van der Waals surface area (Å²) in [6.45, 7) is 3.04. The highest BCUT2D eigenvalue weighted by Gasteiger charge is 2.33. The first kappa shape index (κ1) is 13.0. The van der Waals surface area contributed by atoms with Crippen LogP contribution < -0.4 is 5.32 Å². The van der Waals surface area contributed by atoms with Crippen molar-refractivity contribution in [3.63, 3.8) is 0 Å². The molecule has 98 valence electrons. The van der Waals surface area contributed by atoms with E-state index in [9.17, 15) is 14.7 Å². The van der Waals surface area contributed by atoms with Crippen LogP contribution in [-0.2, 0) is 4.79 Å². The van der Waals surface area contributed by atoms with Crippen LogP contribution in [-0.4, -0.2) is 35.2 Å². The van der Waals surface area contributed by atoms with Crippen LogP contribution >= 0.6 is 11.3 Å². The van der Waals surface area contributed by atoms with Crippen molar-refractivity contribution in [1.29, 1.82) is 0 Å². The third kappa shape index (κ3) is 2.39. The maximum atomic E-state index is 11.2. The molecule has 0 saturated carbocycles. The van der Waals surface area contributed by atoms with Gasteiger partial charge in [0.15, 0.2) is 0 Å². The topological polar surface area (TPSA) is 86.6 Å². The molecule has 2 heterocycles. The number of hydrogen-bond donors (Lipinski definition) is 3. The molecule has 0 spiro atoms. The Hall–Kier alpha value is -1.40. The van der Waals surface area contributed by atoms with Crippen molar-refractivity contribution >= 4 is 23.3 Å². The number of aliphatic carboxylic acids is 1. The van der Waals surface area contributed by atoms with E-state index in [1.807, 2.05) is 0 Å². The van der Waals surface area contributed by atoms with Crippen LogP contribution in [0.4, 0.5) is 0 Å². The van der Waals surface area contributed by atoms with Crippen LogP contribution in [0.1, 0.15) is 32.5 Å². The molecular weight excluding hydrogens is 254 g/mol. The molecule has 1 aliphatic heterocycles. The average Bonchev–Trinajstić information content (AvgIpc) is 2.71. The van der Waals surface area contributed by atoms with Crippen molar-refractivity contribution in [1.82, 2.24) is 5.32 Å². The van der Waals surface area contributed by atoms with Crippen LogP contribution in [0.5, 0.6) is 0 Å². The molecule has 0 amide bonds. The summed E-state index contributed by atoms with van der Waals surface area (Å²) in [6, 6.07) is 1.62. The molecule has 0 aromatic carbocycles. The normalized spacial score (nSPS) is 23.8. The first-order chi connectivity index (χ1) is 8.50. The second kappa shape index (κ2) is 5.07. The van der Waals surface area contributed by atoms with Crippen LogP contribution in [0, 0.1) is 12.8 Å². The Morgan fingerprint density at radius 3 is 2.72 bits per heavy atom. The van der Waals surface area contributed by atoms with E-state index in [4.69, 9.17) is 5.11 Å². The fraction of sp³-hybridized carbons (Fsp3) is 0.500. The molecule has 5 nitrogen and oxygen atoms in total. The Morgan fingerprint density at radius 2 is 2.17 bits per heavy atom. The highest BCUT2D eigenvalue weighted by molar-refractivity contribution is 7.12. The fourth-order valence-corrected chi connectivity index (χ4v) is 3.54. The van der Waals surface area contributed by atoms with Crippen molar-refractivity contribution < 1.29 is 19.8 Å². The zero-order valence-electron chi connectivity index (χ0n) is 9.97. The SMILES string of the molecule is Cc1sc(C2CNCCC2C(=O)O)cc1C(=O)O. The monoisotopic (exact) mass is 269 g/mol. The van der Waals surface area contributed by atoms with Crippen molar-refractivity contribution in [2.24, 2.45) is 5.92 Å². The summed E-state index contributed by atoms with van der Waals surface area (Å²) >= 11 is 1.39. The summed E-state index contributed by atoms with van der Waals surface area (Å²) in [6.07, 6.45) is 0.583. The molecule has 0 radical (unpaired) electrons. The maximum Gasteiger partial charge on any atom is 0.336 e. The molecule has 1 aromatic heterocycles. The van der Waals surface area contributed by atoms with Gasteiger partial charge in [-0.1, -0.05) is 0 Å². The number of thiophene rings is 1. The Balaban J connectivity index is 2.31. The molecule has 0 aliphatic carbocycles. The number of piperidine rings is 1. The second-order valence-corrected chi connectivity index (χ2v) is 5.76. The molecule has 1 fully saturated rings. The number of nitrogens with one attached hydrogen (secondary N) is 1. The number of aromatic carboxylic acids is 1. The molecular formula is C12H15NO4S. The van der Waals surface area contributed by atoms with Crippen molar-refractivity contribution in [2.45, 2.75) is 19.3 Å². The van der Waals surface area contributed by atoms with Gasteiger partial charge in [-0.2, -0.15) is 0 Å². The van der Waals surface area contributed by atoms with E-state index in [1.165, 1.54) is 11.3 Å². The van der Waals surface area contributed by atoms with E-state index in [2.05, 4.69) is 5.32 Å². The number of carboxylic acids is 2. The number of carbonyl (C=O) groups is 2. The Morgan fingerprint density at radius 1 is 1.44 bits per heavy atom. The summed E-state index contributed by atoms with van der Waals surface area (Å²) in [5.41, 5.74) is 0.282. The lowest BCUT2D eigenvalue weighted by Gasteiger charge is -2.28. The van der Waals surface area contributed by atoms with Gasteiger partial charge in [0.2, 0.25) is 0 Å². The van der Waals surface area contributed by atoms with E-state index in [1.54, 1.807) is 13.0 Å². The van der Waals surface area contributed by atoms with E-state index >= 15 is 0 Å². The maximum absolute atomic E-state index is 11.2. The second-order valence-electron chi connectivity index (χ2n) is 4.47. The highest BCUT2D eigenvalue weighted by Crippen LogP contribution is 2.35. The van der Waals surface area contributed by atoms with Gasteiger partial charge in [0.1, 0.15) is 0 Å². The number of hydrogen-bond acceptors (Lipinski definition) is 4. The number of carboxylic acid groups (broad SMARTS) is 2.